The highest BCUT2D eigenvalue weighted by Crippen LogP contribution is 2.36. The van der Waals surface area contributed by atoms with Crippen LogP contribution in [0, 0.1) is 5.92 Å². The largest absolute Gasteiger partial charge is 0.327 e. The van der Waals surface area contributed by atoms with Crippen molar-refractivity contribution in [1.29, 1.82) is 0 Å². The van der Waals surface area contributed by atoms with E-state index in [1.54, 1.807) is 24.2 Å². The van der Waals surface area contributed by atoms with Crippen LogP contribution in [0.25, 0.3) is 0 Å². The third kappa shape index (κ3) is 2.07. The van der Waals surface area contributed by atoms with Gasteiger partial charge in [-0.05, 0) is 24.8 Å². The predicted molar refractivity (Wildman–Crippen MR) is 58.1 cm³/mol. The maximum Gasteiger partial charge on any atom is 0.187 e. The van der Waals surface area contributed by atoms with Crippen molar-refractivity contribution in [1.82, 2.24) is 9.97 Å². The zero-order valence-corrected chi connectivity index (χ0v) is 9.07. The van der Waals surface area contributed by atoms with Crippen molar-refractivity contribution in [3.8, 4) is 0 Å². The highest BCUT2D eigenvalue weighted by Gasteiger charge is 2.31. The van der Waals surface area contributed by atoms with Crippen LogP contribution in [0.15, 0.2) is 23.6 Å². The van der Waals surface area contributed by atoms with Crippen LogP contribution in [0.2, 0.25) is 0 Å². The van der Waals surface area contributed by atoms with Crippen molar-refractivity contribution in [3.63, 3.8) is 0 Å². The van der Waals surface area contributed by atoms with Gasteiger partial charge in [-0.25, -0.2) is 9.97 Å². The highest BCUT2D eigenvalue weighted by atomic mass is 32.2. The second-order valence-electron chi connectivity index (χ2n) is 3.79. The molecule has 2 N–H and O–H groups in total. The van der Waals surface area contributed by atoms with E-state index < -0.39 is 0 Å². The Hall–Kier alpha value is -0.610. The molecule has 3 unspecified atom stereocenters. The molecule has 0 aromatic carbocycles. The first-order chi connectivity index (χ1) is 6.77. The van der Waals surface area contributed by atoms with Crippen molar-refractivity contribution in [2.45, 2.75) is 36.2 Å². The molecular formula is C10H15N3S. The van der Waals surface area contributed by atoms with Gasteiger partial charge in [0, 0.05) is 23.7 Å². The molecule has 2 rings (SSSR count). The van der Waals surface area contributed by atoms with Gasteiger partial charge >= 0.3 is 0 Å². The predicted octanol–water partition coefficient (Wildman–Crippen LogP) is 1.69. The molecule has 14 heavy (non-hydrogen) atoms. The van der Waals surface area contributed by atoms with E-state index in [0.717, 1.165) is 11.6 Å². The number of rotatable bonds is 2. The van der Waals surface area contributed by atoms with Crippen LogP contribution in [0.4, 0.5) is 0 Å². The molecule has 1 fully saturated rings. The first kappa shape index (κ1) is 9.93. The van der Waals surface area contributed by atoms with Gasteiger partial charge in [0.1, 0.15) is 0 Å². The van der Waals surface area contributed by atoms with Gasteiger partial charge in [-0.2, -0.15) is 0 Å². The molecule has 4 heteroatoms. The second-order valence-corrected chi connectivity index (χ2v) is 4.99. The first-order valence-corrected chi connectivity index (χ1v) is 5.84. The van der Waals surface area contributed by atoms with Gasteiger partial charge in [0.25, 0.3) is 0 Å². The molecule has 0 bridgehead atoms. The lowest BCUT2D eigenvalue weighted by atomic mass is 10.1. The lowest BCUT2D eigenvalue weighted by Crippen LogP contribution is -2.26. The molecule has 0 saturated heterocycles. The molecule has 1 saturated carbocycles. The van der Waals surface area contributed by atoms with Crippen molar-refractivity contribution >= 4 is 11.8 Å². The summed E-state index contributed by atoms with van der Waals surface area (Å²) in [5, 5.41) is 1.46. The van der Waals surface area contributed by atoms with Crippen LogP contribution >= 0.6 is 11.8 Å². The molecule has 0 amide bonds. The average molecular weight is 209 g/mol. The summed E-state index contributed by atoms with van der Waals surface area (Å²) < 4.78 is 0. The van der Waals surface area contributed by atoms with Gasteiger partial charge in [0.2, 0.25) is 0 Å². The van der Waals surface area contributed by atoms with Crippen molar-refractivity contribution in [2.75, 3.05) is 0 Å². The zero-order chi connectivity index (χ0) is 9.97. The van der Waals surface area contributed by atoms with Crippen LogP contribution < -0.4 is 5.73 Å². The Labute approximate surface area is 88.5 Å². The van der Waals surface area contributed by atoms with E-state index in [1.807, 2.05) is 6.07 Å². The summed E-state index contributed by atoms with van der Waals surface area (Å²) in [6.45, 7) is 2.22. The lowest BCUT2D eigenvalue weighted by molar-refractivity contribution is 0.534. The van der Waals surface area contributed by atoms with Crippen molar-refractivity contribution in [3.05, 3.63) is 18.5 Å². The van der Waals surface area contributed by atoms with E-state index in [2.05, 4.69) is 16.9 Å². The molecule has 1 aromatic rings. The van der Waals surface area contributed by atoms with Crippen LogP contribution in [0.3, 0.4) is 0 Å². The van der Waals surface area contributed by atoms with Gasteiger partial charge in [-0.15, -0.1) is 0 Å². The van der Waals surface area contributed by atoms with Gasteiger partial charge in [0.05, 0.1) is 0 Å². The minimum Gasteiger partial charge on any atom is -0.327 e. The third-order valence-corrected chi connectivity index (χ3v) is 4.23. The van der Waals surface area contributed by atoms with Crippen molar-refractivity contribution in [2.24, 2.45) is 11.7 Å². The quantitative estimate of drug-likeness (QED) is 0.753. The molecule has 0 radical (unpaired) electrons. The number of nitrogens with zero attached hydrogens (tertiary/aromatic N) is 2. The molecule has 1 aromatic heterocycles. The maximum absolute atomic E-state index is 5.97. The molecule has 3 nitrogen and oxygen atoms in total. The second kappa shape index (κ2) is 4.28. The fraction of sp³-hybridized carbons (Fsp3) is 0.600. The van der Waals surface area contributed by atoms with Gasteiger partial charge in [-0.1, -0.05) is 18.7 Å². The van der Waals surface area contributed by atoms with Crippen LogP contribution in [-0.4, -0.2) is 21.3 Å². The van der Waals surface area contributed by atoms with Crippen molar-refractivity contribution < 1.29 is 0 Å². The first-order valence-electron chi connectivity index (χ1n) is 4.96. The number of thioether (sulfide) groups is 1. The van der Waals surface area contributed by atoms with Gasteiger partial charge < -0.3 is 5.73 Å². The summed E-state index contributed by atoms with van der Waals surface area (Å²) in [5.74, 6) is 0.573. The van der Waals surface area contributed by atoms with E-state index in [0.29, 0.717) is 17.2 Å². The zero-order valence-electron chi connectivity index (χ0n) is 8.26. The van der Waals surface area contributed by atoms with E-state index in [9.17, 15) is 0 Å². The Morgan fingerprint density at radius 2 is 2.07 bits per heavy atom. The summed E-state index contributed by atoms with van der Waals surface area (Å²) in [4.78, 5) is 8.43. The minimum absolute atomic E-state index is 0.358. The Bertz CT molecular complexity index is 291. The molecule has 3 atom stereocenters. The molecule has 1 aliphatic carbocycles. The summed E-state index contributed by atoms with van der Waals surface area (Å²) in [6, 6.07) is 2.20. The monoisotopic (exact) mass is 209 g/mol. The Morgan fingerprint density at radius 1 is 1.36 bits per heavy atom. The van der Waals surface area contributed by atoms with E-state index >= 15 is 0 Å². The lowest BCUT2D eigenvalue weighted by Gasteiger charge is -2.16. The fourth-order valence-electron chi connectivity index (χ4n) is 1.81. The molecule has 0 spiro atoms. The molecule has 76 valence electrons. The summed E-state index contributed by atoms with van der Waals surface area (Å²) in [5.41, 5.74) is 5.97. The smallest absolute Gasteiger partial charge is 0.187 e. The number of hydrogen-bond donors (Lipinski definition) is 1. The number of nitrogens with two attached hydrogens (primary N) is 1. The molecule has 0 aliphatic heterocycles. The number of hydrogen-bond acceptors (Lipinski definition) is 4. The SMILES string of the molecule is CC1C(N)CCC1Sc1ncccn1. The molecular weight excluding hydrogens is 194 g/mol. The van der Waals surface area contributed by atoms with E-state index in [4.69, 9.17) is 5.73 Å². The van der Waals surface area contributed by atoms with Crippen LogP contribution in [0.5, 0.6) is 0 Å². The summed E-state index contributed by atoms with van der Waals surface area (Å²) in [6.07, 6.45) is 5.89. The number of aromatic nitrogens is 2. The standard InChI is InChI=1S/C10H15N3S/c1-7-8(11)3-4-9(7)14-10-12-5-2-6-13-10/h2,5-9H,3-4,11H2,1H3. The third-order valence-electron chi connectivity index (χ3n) is 2.85. The Kier molecular flexibility index (Phi) is 3.03. The topological polar surface area (TPSA) is 51.8 Å². The Morgan fingerprint density at radius 3 is 2.64 bits per heavy atom. The molecule has 1 heterocycles. The fourth-order valence-corrected chi connectivity index (χ4v) is 2.99. The highest BCUT2D eigenvalue weighted by molar-refractivity contribution is 7.99. The van der Waals surface area contributed by atoms with E-state index in [1.165, 1.54) is 6.42 Å². The Balaban J connectivity index is 1.99. The van der Waals surface area contributed by atoms with Crippen LogP contribution in [0.1, 0.15) is 19.8 Å². The normalized spacial score (nSPS) is 32.0. The van der Waals surface area contributed by atoms with Gasteiger partial charge in [-0.3, -0.25) is 0 Å². The average Bonchev–Trinajstić information content (AvgIpc) is 2.52. The van der Waals surface area contributed by atoms with Crippen LogP contribution in [-0.2, 0) is 0 Å². The maximum atomic E-state index is 5.97. The summed E-state index contributed by atoms with van der Waals surface area (Å²) >= 11 is 1.76. The van der Waals surface area contributed by atoms with Gasteiger partial charge in [0.15, 0.2) is 5.16 Å². The minimum atomic E-state index is 0.358. The molecule has 1 aliphatic rings. The summed E-state index contributed by atoms with van der Waals surface area (Å²) in [7, 11) is 0. The van der Waals surface area contributed by atoms with E-state index in [-0.39, 0.29) is 0 Å².